The number of benzene rings is 1. The summed E-state index contributed by atoms with van der Waals surface area (Å²) in [7, 11) is -0.631. The Hall–Kier alpha value is -4.49. The van der Waals surface area contributed by atoms with Gasteiger partial charge in [-0.05, 0) is 96.4 Å². The average molecular weight is 719 g/mol. The number of rotatable bonds is 11. The molecular weight excluding hydrogens is 665 g/mol. The number of hydrogen-bond acceptors (Lipinski definition) is 8. The molecule has 4 aromatic rings. The van der Waals surface area contributed by atoms with Crippen LogP contribution in [0.5, 0.6) is 5.75 Å². The fourth-order valence-electron chi connectivity index (χ4n) is 5.32. The number of nitrogens with zero attached hydrogens (tertiary/aromatic N) is 4. The molecule has 0 saturated heterocycles. The first kappa shape index (κ1) is 39.3. The Labute approximate surface area is 302 Å². The Kier molecular flexibility index (Phi) is 11.6. The lowest BCUT2D eigenvalue weighted by atomic mass is 10.1. The summed E-state index contributed by atoms with van der Waals surface area (Å²) in [5.74, 6) is 0.204. The number of H-pyrrole nitrogens is 1. The summed E-state index contributed by atoms with van der Waals surface area (Å²) in [5, 5.41) is 8.06. The van der Waals surface area contributed by atoms with Gasteiger partial charge >= 0.3 is 6.09 Å². The van der Waals surface area contributed by atoms with Crippen molar-refractivity contribution in [3.63, 3.8) is 0 Å². The van der Waals surface area contributed by atoms with Gasteiger partial charge in [0, 0.05) is 37.1 Å². The summed E-state index contributed by atoms with van der Waals surface area (Å²) in [5.41, 5.74) is 2.73. The third-order valence-electron chi connectivity index (χ3n) is 8.95. The second-order valence-electron chi connectivity index (χ2n) is 15.9. The smallest absolute Gasteiger partial charge is 0.407 e. The Morgan fingerprint density at radius 2 is 1.75 bits per heavy atom. The highest BCUT2D eigenvalue weighted by Gasteiger charge is 2.39. The van der Waals surface area contributed by atoms with Crippen LogP contribution in [0.15, 0.2) is 47.4 Å². The first-order valence-electron chi connectivity index (χ1n) is 17.3. The number of aromatic amines is 1. The standard InChI is InChI=1S/C38H54N6O6Si/c1-23(2)44-21-30-29(35(46)43(11)32-24(3)17-25(4)40-34(32)45)19-31(41-33(30)42-44)26-15-14-16-27(18-26)48-22-28(50-51(12,13)38(8,9)10)20-39-36(47)49-37(5,6)7/h14-19,21,23,28H,20,22H2,1-13H3,(H,39,47)(H,40,45). The van der Waals surface area contributed by atoms with Crippen molar-refractivity contribution in [3.05, 3.63) is 69.8 Å². The monoisotopic (exact) mass is 718 g/mol. The Bertz CT molecular complexity index is 1950. The quantitative estimate of drug-likeness (QED) is 0.152. The molecule has 276 valence electrons. The molecule has 0 spiro atoms. The summed E-state index contributed by atoms with van der Waals surface area (Å²) < 4.78 is 20.2. The van der Waals surface area contributed by atoms with Gasteiger partial charge < -0.3 is 29.1 Å². The zero-order valence-electron chi connectivity index (χ0n) is 32.3. The molecule has 0 bridgehead atoms. The van der Waals surface area contributed by atoms with E-state index in [1.165, 1.54) is 4.90 Å². The lowest BCUT2D eigenvalue weighted by molar-refractivity contribution is 0.0472. The molecule has 0 aliphatic heterocycles. The van der Waals surface area contributed by atoms with Crippen LogP contribution in [-0.2, 0) is 9.16 Å². The predicted octanol–water partition coefficient (Wildman–Crippen LogP) is 7.55. The molecule has 1 atom stereocenters. The summed E-state index contributed by atoms with van der Waals surface area (Å²) in [4.78, 5) is 48.7. The molecule has 4 rings (SSSR count). The van der Waals surface area contributed by atoms with Crippen molar-refractivity contribution in [2.75, 3.05) is 25.1 Å². The molecule has 0 aliphatic rings. The lowest BCUT2D eigenvalue weighted by Gasteiger charge is -2.39. The van der Waals surface area contributed by atoms with Gasteiger partial charge in [0.25, 0.3) is 11.5 Å². The molecule has 2 amide bonds. The Morgan fingerprint density at radius 1 is 1.06 bits per heavy atom. The van der Waals surface area contributed by atoms with E-state index >= 15 is 0 Å². The molecule has 13 heteroatoms. The molecule has 3 aromatic heterocycles. The van der Waals surface area contributed by atoms with Crippen LogP contribution in [0.1, 0.15) is 83.0 Å². The fourth-order valence-corrected chi connectivity index (χ4v) is 6.66. The number of aromatic nitrogens is 4. The topological polar surface area (TPSA) is 141 Å². The second kappa shape index (κ2) is 15.0. The highest BCUT2D eigenvalue weighted by molar-refractivity contribution is 6.74. The minimum absolute atomic E-state index is 0.0357. The Balaban J connectivity index is 1.67. The number of fused-ring (bicyclic) bond motifs is 1. The zero-order chi connectivity index (χ0) is 38.1. The number of amides is 2. The van der Waals surface area contributed by atoms with Crippen LogP contribution in [0, 0.1) is 13.8 Å². The number of ether oxygens (including phenoxy) is 2. The molecule has 2 N–H and O–H groups in total. The maximum absolute atomic E-state index is 14.2. The minimum Gasteiger partial charge on any atom is -0.491 e. The van der Waals surface area contributed by atoms with Crippen molar-refractivity contribution in [1.29, 1.82) is 0 Å². The zero-order valence-corrected chi connectivity index (χ0v) is 33.3. The van der Waals surface area contributed by atoms with Gasteiger partial charge in [0.2, 0.25) is 0 Å². The van der Waals surface area contributed by atoms with Crippen LogP contribution < -0.4 is 20.5 Å². The molecular formula is C38H54N6O6Si. The number of aryl methyl sites for hydroxylation is 2. The van der Waals surface area contributed by atoms with Gasteiger partial charge in [-0.15, -0.1) is 0 Å². The van der Waals surface area contributed by atoms with E-state index in [-0.39, 0.29) is 41.4 Å². The molecule has 0 radical (unpaired) electrons. The fraction of sp³-hybridized carbons (Fsp3) is 0.500. The van der Waals surface area contributed by atoms with E-state index in [0.29, 0.717) is 44.9 Å². The van der Waals surface area contributed by atoms with Crippen molar-refractivity contribution >= 4 is 37.0 Å². The highest BCUT2D eigenvalue weighted by atomic mass is 28.4. The van der Waals surface area contributed by atoms with Crippen LogP contribution >= 0.6 is 0 Å². The van der Waals surface area contributed by atoms with Crippen LogP contribution in [0.4, 0.5) is 10.5 Å². The number of carbonyl (C=O) groups excluding carboxylic acids is 2. The van der Waals surface area contributed by atoms with E-state index in [9.17, 15) is 14.4 Å². The summed E-state index contributed by atoms with van der Waals surface area (Å²) in [6.45, 7) is 24.2. The van der Waals surface area contributed by atoms with Crippen molar-refractivity contribution < 1.29 is 23.5 Å². The summed E-state index contributed by atoms with van der Waals surface area (Å²) in [6, 6.07) is 11.0. The normalized spacial score (nSPS) is 13.0. The number of alkyl carbamates (subject to hydrolysis) is 1. The maximum atomic E-state index is 14.2. The minimum atomic E-state index is -2.23. The average Bonchev–Trinajstić information content (AvgIpc) is 3.44. The molecule has 3 heterocycles. The SMILES string of the molecule is Cc1cc(C)c(N(C)C(=O)c2cc(-c3cccc(OCC(CNC(=O)OC(C)(C)C)O[Si](C)(C)C(C)(C)C)c3)nc3nn(C(C)C)cc23)c(=O)[nH]1. The van der Waals surface area contributed by atoms with E-state index in [1.807, 2.05) is 78.1 Å². The highest BCUT2D eigenvalue weighted by Crippen LogP contribution is 2.37. The third-order valence-corrected chi connectivity index (χ3v) is 13.5. The van der Waals surface area contributed by atoms with Crippen molar-refractivity contribution in [2.24, 2.45) is 0 Å². The van der Waals surface area contributed by atoms with Crippen LogP contribution in [-0.4, -0.2) is 72.0 Å². The lowest BCUT2D eigenvalue weighted by Crippen LogP contribution is -2.49. The Morgan fingerprint density at radius 3 is 2.35 bits per heavy atom. The largest absolute Gasteiger partial charge is 0.491 e. The number of anilines is 1. The molecule has 0 fully saturated rings. The van der Waals surface area contributed by atoms with Crippen LogP contribution in [0.2, 0.25) is 18.1 Å². The summed E-state index contributed by atoms with van der Waals surface area (Å²) in [6.07, 6.45) is 0.856. The van der Waals surface area contributed by atoms with Crippen LogP contribution in [0.3, 0.4) is 0 Å². The van der Waals surface area contributed by atoms with Gasteiger partial charge in [-0.3, -0.25) is 14.3 Å². The van der Waals surface area contributed by atoms with E-state index in [4.69, 9.17) is 24.0 Å². The molecule has 12 nitrogen and oxygen atoms in total. The van der Waals surface area contributed by atoms with Gasteiger partial charge in [-0.25, -0.2) is 9.78 Å². The first-order valence-corrected chi connectivity index (χ1v) is 20.2. The summed E-state index contributed by atoms with van der Waals surface area (Å²) >= 11 is 0. The second-order valence-corrected chi connectivity index (χ2v) is 20.7. The van der Waals surface area contributed by atoms with Gasteiger partial charge in [0.15, 0.2) is 14.0 Å². The number of pyridine rings is 2. The van der Waals surface area contributed by atoms with E-state index in [0.717, 1.165) is 0 Å². The van der Waals surface area contributed by atoms with Gasteiger partial charge in [0.1, 0.15) is 23.6 Å². The van der Waals surface area contributed by atoms with E-state index < -0.39 is 26.1 Å². The van der Waals surface area contributed by atoms with Crippen molar-refractivity contribution in [2.45, 2.75) is 105 Å². The van der Waals surface area contributed by atoms with Crippen LogP contribution in [0.25, 0.3) is 22.3 Å². The first-order chi connectivity index (χ1) is 23.6. The molecule has 1 aromatic carbocycles. The van der Waals surface area contributed by atoms with Gasteiger partial charge in [0.05, 0.1) is 22.7 Å². The molecule has 0 saturated carbocycles. The van der Waals surface area contributed by atoms with E-state index in [2.05, 4.69) is 44.2 Å². The van der Waals surface area contributed by atoms with Crippen molar-refractivity contribution in [3.8, 4) is 17.0 Å². The predicted molar refractivity (Wildman–Crippen MR) is 204 cm³/mol. The van der Waals surface area contributed by atoms with Gasteiger partial charge in [-0.2, -0.15) is 5.10 Å². The molecule has 0 aliphatic carbocycles. The number of hydrogen-bond donors (Lipinski definition) is 2. The van der Waals surface area contributed by atoms with Crippen molar-refractivity contribution in [1.82, 2.24) is 25.1 Å². The van der Waals surface area contributed by atoms with Gasteiger partial charge in [-0.1, -0.05) is 32.9 Å². The van der Waals surface area contributed by atoms with E-state index in [1.54, 1.807) is 24.7 Å². The number of carbonyl (C=O) groups is 2. The molecule has 51 heavy (non-hydrogen) atoms. The third kappa shape index (κ3) is 9.64. The number of nitrogens with one attached hydrogen (secondary N) is 2. The maximum Gasteiger partial charge on any atom is 0.407 e. The molecule has 1 unspecified atom stereocenters.